The first kappa shape index (κ1) is 54.8. The molecule has 9 aromatic carbocycles. The first-order valence-corrected chi connectivity index (χ1v) is 26.6. The number of aromatic hydroxyl groups is 3. The smallest absolute Gasteiger partial charge is 0.144 e. The van der Waals surface area contributed by atoms with Crippen LogP contribution in [-0.2, 0) is 39.5 Å². The minimum absolute atomic E-state index is 0.0906. The van der Waals surface area contributed by atoms with Gasteiger partial charge in [0.1, 0.15) is 17.2 Å². The van der Waals surface area contributed by atoms with Gasteiger partial charge in [0, 0.05) is 70.7 Å². The monoisotopic (exact) mass is 1060 g/mol. The summed E-state index contributed by atoms with van der Waals surface area (Å²) in [6, 6.07) is 67.0. The van der Waals surface area contributed by atoms with Gasteiger partial charge in [0.15, 0.2) is 0 Å². The lowest BCUT2D eigenvalue weighted by atomic mass is 10.1. The molecule has 0 aromatic heterocycles. The van der Waals surface area contributed by atoms with E-state index in [1.54, 1.807) is 65.6 Å². The van der Waals surface area contributed by atoms with Gasteiger partial charge in [-0.2, -0.15) is 0 Å². The number of aliphatic hydroxyl groups is 3. The predicted octanol–water partition coefficient (Wildman–Crippen LogP) is 14.9. The van der Waals surface area contributed by atoms with Crippen molar-refractivity contribution >= 4 is 63.9 Å². The van der Waals surface area contributed by atoms with E-state index in [2.05, 4.69) is 95.7 Å². The number of rotatable bonds is 18. The normalized spacial score (nSPS) is 10.6. The first-order chi connectivity index (χ1) is 36.1. The minimum Gasteiger partial charge on any atom is -0.505 e. The van der Waals surface area contributed by atoms with Gasteiger partial charge in [-0.05, 0) is 109 Å². The van der Waals surface area contributed by atoms with Crippen molar-refractivity contribution in [1.29, 1.82) is 0 Å². The molecule has 0 saturated carbocycles. The number of hydrogen-bond acceptors (Lipinski definition) is 12. The molecule has 9 rings (SSSR count). The van der Waals surface area contributed by atoms with Crippen LogP contribution in [0.2, 0.25) is 5.02 Å². The zero-order valence-electron chi connectivity index (χ0n) is 40.7. The summed E-state index contributed by atoms with van der Waals surface area (Å²) in [5.74, 6) is 0.301. The molecule has 9 N–H and O–H groups in total. The van der Waals surface area contributed by atoms with Gasteiger partial charge in [0.05, 0.1) is 36.9 Å². The number of halogens is 1. The molecule has 0 aliphatic carbocycles. The molecule has 0 saturated heterocycles. The van der Waals surface area contributed by atoms with E-state index < -0.39 is 0 Å². The van der Waals surface area contributed by atoms with Crippen molar-refractivity contribution in [2.45, 2.75) is 75.8 Å². The topological polar surface area (TPSA) is 157 Å². The molecule has 0 heterocycles. The highest BCUT2D eigenvalue weighted by atomic mass is 35.5. The van der Waals surface area contributed by atoms with E-state index in [0.717, 1.165) is 31.5 Å². The molecule has 0 amide bonds. The van der Waals surface area contributed by atoms with Gasteiger partial charge in [-0.1, -0.05) is 174 Å². The standard InChI is InChI=1S/C21H21NO2S.C20H18ClNO2S.C20H19NO2S/c1-15-9-11-18(12-10-15)25-20-8-3-2-5-16(20)13-22-19-7-4-6-17(14-23)21(19)24;21-16-8-10-17(11-9-16)25-19-7-2-1-4-14(19)12-22-18-6-3-5-15(13-23)20(18)24;22-14-16-8-6-11-18(20(16)23)21-13-15-7-4-5-12-19(15)24-17-9-2-1-3-10-17/h2-12,22-24H,13-14H2,1H3;1-11,22-24H,12-13H2;1-12,21-23H,13-14H2. The van der Waals surface area contributed by atoms with E-state index in [-0.39, 0.29) is 37.1 Å². The summed E-state index contributed by atoms with van der Waals surface area (Å²) in [6.07, 6.45) is 0. The molecule has 0 spiro atoms. The number of para-hydroxylation sites is 3. The van der Waals surface area contributed by atoms with Crippen molar-refractivity contribution in [3.8, 4) is 17.2 Å². The Balaban J connectivity index is 0.000000162. The second-order valence-electron chi connectivity index (χ2n) is 16.7. The Kier molecular flexibility index (Phi) is 21.1. The Labute approximate surface area is 451 Å². The third kappa shape index (κ3) is 16.0. The molecule has 0 radical (unpaired) electrons. The maximum Gasteiger partial charge on any atom is 0.144 e. The Bertz CT molecular complexity index is 3040. The van der Waals surface area contributed by atoms with Crippen molar-refractivity contribution < 1.29 is 30.6 Å². The van der Waals surface area contributed by atoms with Crippen LogP contribution in [0.4, 0.5) is 17.1 Å². The summed E-state index contributed by atoms with van der Waals surface area (Å²) < 4.78 is 0. The summed E-state index contributed by atoms with van der Waals surface area (Å²) in [5.41, 5.74) is 8.09. The molecular formula is C61H58ClN3O6S3. The van der Waals surface area contributed by atoms with E-state index in [1.165, 1.54) is 25.1 Å². The molecule has 74 heavy (non-hydrogen) atoms. The first-order valence-electron chi connectivity index (χ1n) is 23.7. The highest BCUT2D eigenvalue weighted by Gasteiger charge is 2.12. The van der Waals surface area contributed by atoms with E-state index in [4.69, 9.17) is 11.6 Å². The molecular weight excluding hydrogens is 1000 g/mol. The summed E-state index contributed by atoms with van der Waals surface area (Å²) in [6.45, 7) is 3.29. The molecule has 0 bridgehead atoms. The van der Waals surface area contributed by atoms with Crippen LogP contribution in [0.15, 0.2) is 236 Å². The van der Waals surface area contributed by atoms with Crippen molar-refractivity contribution in [1.82, 2.24) is 0 Å². The van der Waals surface area contributed by atoms with Crippen molar-refractivity contribution in [2.75, 3.05) is 16.0 Å². The molecule has 13 heteroatoms. The highest BCUT2D eigenvalue weighted by Crippen LogP contribution is 2.36. The van der Waals surface area contributed by atoms with Crippen LogP contribution in [-0.4, -0.2) is 30.6 Å². The largest absolute Gasteiger partial charge is 0.505 e. The van der Waals surface area contributed by atoms with Crippen LogP contribution in [0.5, 0.6) is 17.2 Å². The fourth-order valence-electron chi connectivity index (χ4n) is 7.38. The van der Waals surface area contributed by atoms with Crippen LogP contribution in [0.3, 0.4) is 0 Å². The number of aryl methyl sites for hydroxylation is 1. The van der Waals surface area contributed by atoms with Crippen molar-refractivity contribution in [2.24, 2.45) is 0 Å². The van der Waals surface area contributed by atoms with Crippen LogP contribution < -0.4 is 16.0 Å². The van der Waals surface area contributed by atoms with Crippen LogP contribution in [0, 0.1) is 6.92 Å². The predicted molar refractivity (Wildman–Crippen MR) is 305 cm³/mol. The van der Waals surface area contributed by atoms with Crippen LogP contribution in [0.1, 0.15) is 38.9 Å². The molecule has 9 aromatic rings. The Hall–Kier alpha value is -7.00. The molecule has 0 aliphatic heterocycles. The van der Waals surface area contributed by atoms with Crippen molar-refractivity contribution in [3.05, 3.63) is 250 Å². The maximum atomic E-state index is 10.2. The number of nitrogens with one attached hydrogen (secondary N) is 3. The third-order valence-corrected chi connectivity index (χ3v) is 15.1. The van der Waals surface area contributed by atoms with Crippen molar-refractivity contribution in [3.63, 3.8) is 0 Å². The SMILES string of the molecule is Cc1ccc(Sc2ccccc2CNc2cccc(CO)c2O)cc1.OCc1cccc(NCc2ccccc2Sc2ccc(Cl)cc2)c1O.OCc1cccc(NCc2ccccc2Sc2ccccc2)c1O. The number of hydrogen-bond donors (Lipinski definition) is 9. The molecule has 0 atom stereocenters. The van der Waals surface area contributed by atoms with Gasteiger partial charge in [-0.15, -0.1) is 0 Å². The third-order valence-electron chi connectivity index (χ3n) is 11.5. The molecule has 378 valence electrons. The van der Waals surface area contributed by atoms with Crippen LogP contribution >= 0.6 is 46.9 Å². The number of phenols is 3. The van der Waals surface area contributed by atoms with Gasteiger partial charge in [-0.25, -0.2) is 0 Å². The fourth-order valence-corrected chi connectivity index (χ4v) is 10.4. The quantitative estimate of drug-likeness (QED) is 0.0375. The van der Waals surface area contributed by atoms with Gasteiger partial charge in [0.25, 0.3) is 0 Å². The number of anilines is 3. The van der Waals surface area contributed by atoms with E-state index >= 15 is 0 Å². The lowest BCUT2D eigenvalue weighted by Gasteiger charge is -2.13. The van der Waals surface area contributed by atoms with Gasteiger partial charge in [0.2, 0.25) is 0 Å². The Morgan fingerprint density at radius 3 is 0.986 bits per heavy atom. The highest BCUT2D eigenvalue weighted by molar-refractivity contribution is 8.00. The second kappa shape index (κ2) is 28.5. The average molecular weight is 1060 g/mol. The maximum absolute atomic E-state index is 10.2. The van der Waals surface area contributed by atoms with Gasteiger partial charge < -0.3 is 46.6 Å². The molecule has 0 unspecified atom stereocenters. The van der Waals surface area contributed by atoms with E-state index in [1.807, 2.05) is 103 Å². The zero-order valence-corrected chi connectivity index (χ0v) is 43.9. The number of aliphatic hydroxyl groups excluding tert-OH is 3. The zero-order chi connectivity index (χ0) is 52.1. The lowest BCUT2D eigenvalue weighted by Crippen LogP contribution is -2.02. The minimum atomic E-state index is -0.190. The number of benzene rings is 9. The van der Waals surface area contributed by atoms with Gasteiger partial charge in [-0.3, -0.25) is 0 Å². The van der Waals surface area contributed by atoms with E-state index in [0.29, 0.717) is 53.4 Å². The average Bonchev–Trinajstić information content (AvgIpc) is 3.43. The summed E-state index contributed by atoms with van der Waals surface area (Å²) in [4.78, 5) is 6.99. The fraction of sp³-hybridized carbons (Fsp3) is 0.115. The summed E-state index contributed by atoms with van der Waals surface area (Å²) >= 11 is 11.1. The van der Waals surface area contributed by atoms with Crippen LogP contribution in [0.25, 0.3) is 0 Å². The summed E-state index contributed by atoms with van der Waals surface area (Å²) in [7, 11) is 0. The summed E-state index contributed by atoms with van der Waals surface area (Å²) in [5, 5.41) is 68.7. The van der Waals surface area contributed by atoms with E-state index in [9.17, 15) is 30.6 Å². The molecule has 0 fully saturated rings. The molecule has 9 nitrogen and oxygen atoms in total. The second-order valence-corrected chi connectivity index (χ2v) is 20.5. The Morgan fingerprint density at radius 2 is 0.635 bits per heavy atom. The van der Waals surface area contributed by atoms with Gasteiger partial charge >= 0.3 is 0 Å². The Morgan fingerprint density at radius 1 is 0.338 bits per heavy atom. The molecule has 0 aliphatic rings. The lowest BCUT2D eigenvalue weighted by molar-refractivity contribution is 0.275.